The van der Waals surface area contributed by atoms with Crippen LogP contribution in [0.15, 0.2) is 42.5 Å². The van der Waals surface area contributed by atoms with Crippen LogP contribution in [0.25, 0.3) is 0 Å². The highest BCUT2D eigenvalue weighted by Gasteiger charge is 2.32. The van der Waals surface area contributed by atoms with Gasteiger partial charge in [0.25, 0.3) is 0 Å². The minimum Gasteiger partial charge on any atom is -0.497 e. The Morgan fingerprint density at radius 2 is 1.84 bits per heavy atom. The zero-order valence-corrected chi connectivity index (χ0v) is 19.9. The molecule has 0 radical (unpaired) electrons. The Labute approximate surface area is 190 Å². The van der Waals surface area contributed by atoms with E-state index in [9.17, 15) is 13.2 Å². The summed E-state index contributed by atoms with van der Waals surface area (Å²) in [5, 5.41) is 3.05. The van der Waals surface area contributed by atoms with Crippen LogP contribution in [0.3, 0.4) is 0 Å². The van der Waals surface area contributed by atoms with Crippen LogP contribution >= 0.6 is 0 Å². The van der Waals surface area contributed by atoms with E-state index in [1.54, 1.807) is 14.2 Å². The first-order chi connectivity index (χ1) is 15.2. The molecule has 1 atom stereocenters. The lowest BCUT2D eigenvalue weighted by atomic mass is 9.96. The van der Waals surface area contributed by atoms with Crippen molar-refractivity contribution in [1.82, 2.24) is 9.62 Å². The molecule has 3 rings (SSSR count). The maximum absolute atomic E-state index is 12.9. The van der Waals surface area contributed by atoms with Gasteiger partial charge >= 0.3 is 0 Å². The number of amides is 1. The molecule has 1 heterocycles. The van der Waals surface area contributed by atoms with Gasteiger partial charge in [-0.25, -0.2) is 12.7 Å². The maximum atomic E-state index is 12.9. The Morgan fingerprint density at radius 1 is 1.12 bits per heavy atom. The van der Waals surface area contributed by atoms with Gasteiger partial charge in [0.05, 0.1) is 26.0 Å². The van der Waals surface area contributed by atoms with Gasteiger partial charge in [-0.3, -0.25) is 4.79 Å². The largest absolute Gasteiger partial charge is 0.497 e. The number of carbonyl (C=O) groups excluding carboxylic acids is 1. The standard InChI is InChI=1S/C24H32N2O5S/c1-17-6-5-7-19(14-17)16-32(28,29)26-12-10-20(11-13-26)24(27)25-18(2)22-15-21(30-3)8-9-23(22)31-4/h5-9,14-15,18,20H,10-13,16H2,1-4H3,(H,25,27). The number of hydrogen-bond donors (Lipinski definition) is 1. The molecular weight excluding hydrogens is 428 g/mol. The molecule has 2 aromatic rings. The number of sulfonamides is 1. The summed E-state index contributed by atoms with van der Waals surface area (Å²) in [6.07, 6.45) is 1.00. The molecule has 1 N–H and O–H groups in total. The van der Waals surface area contributed by atoms with Crippen molar-refractivity contribution in [3.63, 3.8) is 0 Å². The molecule has 0 saturated carbocycles. The van der Waals surface area contributed by atoms with E-state index in [1.807, 2.05) is 56.3 Å². The molecule has 1 amide bonds. The smallest absolute Gasteiger partial charge is 0.223 e. The Morgan fingerprint density at radius 3 is 2.47 bits per heavy atom. The monoisotopic (exact) mass is 460 g/mol. The van der Waals surface area contributed by atoms with Crippen molar-refractivity contribution >= 4 is 15.9 Å². The van der Waals surface area contributed by atoms with E-state index in [0.29, 0.717) is 37.4 Å². The topological polar surface area (TPSA) is 84.9 Å². The zero-order chi connectivity index (χ0) is 23.3. The minimum absolute atomic E-state index is 0.0157. The Kier molecular flexibility index (Phi) is 7.79. The van der Waals surface area contributed by atoms with Crippen LogP contribution in [0.5, 0.6) is 11.5 Å². The van der Waals surface area contributed by atoms with Crippen molar-refractivity contribution in [2.75, 3.05) is 27.3 Å². The molecule has 1 aliphatic rings. The lowest BCUT2D eigenvalue weighted by molar-refractivity contribution is -0.126. The van der Waals surface area contributed by atoms with Gasteiger partial charge in [-0.1, -0.05) is 29.8 Å². The van der Waals surface area contributed by atoms with Crippen molar-refractivity contribution in [2.45, 2.75) is 38.5 Å². The van der Waals surface area contributed by atoms with Gasteiger partial charge in [0, 0.05) is 24.6 Å². The third kappa shape index (κ3) is 5.81. The molecule has 0 spiro atoms. The third-order valence-corrected chi connectivity index (χ3v) is 7.76. The number of benzene rings is 2. The molecule has 8 heteroatoms. The Bertz CT molecular complexity index is 1050. The molecule has 0 aromatic heterocycles. The van der Waals surface area contributed by atoms with Gasteiger partial charge in [-0.15, -0.1) is 0 Å². The number of methoxy groups -OCH3 is 2. The SMILES string of the molecule is COc1ccc(OC)c(C(C)NC(=O)C2CCN(S(=O)(=O)Cc3cccc(C)c3)CC2)c1. The molecule has 7 nitrogen and oxygen atoms in total. The van der Waals surface area contributed by atoms with E-state index >= 15 is 0 Å². The highest BCUT2D eigenvalue weighted by Crippen LogP contribution is 2.30. The first-order valence-electron chi connectivity index (χ1n) is 10.8. The number of carbonyl (C=O) groups is 1. The molecule has 32 heavy (non-hydrogen) atoms. The van der Waals surface area contributed by atoms with E-state index in [1.165, 1.54) is 4.31 Å². The van der Waals surface area contributed by atoms with Gasteiger partial charge in [0.1, 0.15) is 11.5 Å². The summed E-state index contributed by atoms with van der Waals surface area (Å²) in [6, 6.07) is 12.8. The minimum atomic E-state index is -3.41. The lowest BCUT2D eigenvalue weighted by Gasteiger charge is -2.31. The lowest BCUT2D eigenvalue weighted by Crippen LogP contribution is -2.43. The van der Waals surface area contributed by atoms with Crippen LogP contribution in [-0.4, -0.2) is 45.9 Å². The molecule has 0 aliphatic carbocycles. The highest BCUT2D eigenvalue weighted by atomic mass is 32.2. The van der Waals surface area contributed by atoms with Gasteiger partial charge < -0.3 is 14.8 Å². The van der Waals surface area contributed by atoms with Crippen molar-refractivity contribution in [3.8, 4) is 11.5 Å². The van der Waals surface area contributed by atoms with Crippen molar-refractivity contribution < 1.29 is 22.7 Å². The highest BCUT2D eigenvalue weighted by molar-refractivity contribution is 7.88. The predicted octanol–water partition coefficient (Wildman–Crippen LogP) is 3.43. The fourth-order valence-electron chi connectivity index (χ4n) is 4.09. The second-order valence-electron chi connectivity index (χ2n) is 8.26. The number of piperidine rings is 1. The van der Waals surface area contributed by atoms with Crippen LogP contribution < -0.4 is 14.8 Å². The fourth-order valence-corrected chi connectivity index (χ4v) is 5.64. The second kappa shape index (κ2) is 10.4. The zero-order valence-electron chi connectivity index (χ0n) is 19.1. The number of nitrogens with zero attached hydrogens (tertiary/aromatic N) is 1. The van der Waals surface area contributed by atoms with E-state index < -0.39 is 10.0 Å². The number of ether oxygens (including phenoxy) is 2. The Hall–Kier alpha value is -2.58. The van der Waals surface area contributed by atoms with E-state index in [0.717, 1.165) is 16.7 Å². The van der Waals surface area contributed by atoms with Crippen LogP contribution in [0, 0.1) is 12.8 Å². The summed E-state index contributed by atoms with van der Waals surface area (Å²) in [5.74, 6) is 1.06. The quantitative estimate of drug-likeness (QED) is 0.652. The molecule has 174 valence electrons. The van der Waals surface area contributed by atoms with Gasteiger partial charge in [-0.2, -0.15) is 0 Å². The van der Waals surface area contributed by atoms with E-state index in [2.05, 4.69) is 5.32 Å². The maximum Gasteiger partial charge on any atom is 0.223 e. The summed E-state index contributed by atoms with van der Waals surface area (Å²) in [5.41, 5.74) is 2.65. The molecule has 0 bridgehead atoms. The second-order valence-corrected chi connectivity index (χ2v) is 10.2. The van der Waals surface area contributed by atoms with Crippen LogP contribution in [0.4, 0.5) is 0 Å². The van der Waals surface area contributed by atoms with Crippen molar-refractivity contribution in [2.24, 2.45) is 5.92 Å². The molecule has 1 saturated heterocycles. The number of rotatable bonds is 8. The normalized spacial score (nSPS) is 16.4. The fraction of sp³-hybridized carbons (Fsp3) is 0.458. The average molecular weight is 461 g/mol. The number of aryl methyl sites for hydroxylation is 1. The van der Waals surface area contributed by atoms with Crippen molar-refractivity contribution in [3.05, 3.63) is 59.2 Å². The summed E-state index contributed by atoms with van der Waals surface area (Å²) in [4.78, 5) is 12.9. The molecule has 1 unspecified atom stereocenters. The van der Waals surface area contributed by atoms with Gasteiger partial charge in [-0.05, 0) is 50.5 Å². The first kappa shape index (κ1) is 24.1. The van der Waals surface area contributed by atoms with Crippen LogP contribution in [0.2, 0.25) is 0 Å². The third-order valence-electron chi connectivity index (χ3n) is 5.91. The molecular formula is C24H32N2O5S. The summed E-state index contributed by atoms with van der Waals surface area (Å²) >= 11 is 0. The van der Waals surface area contributed by atoms with Crippen LogP contribution in [-0.2, 0) is 20.6 Å². The summed E-state index contributed by atoms with van der Waals surface area (Å²) in [6.45, 7) is 4.55. The molecule has 1 aliphatic heterocycles. The Balaban J connectivity index is 1.58. The van der Waals surface area contributed by atoms with E-state index in [4.69, 9.17) is 9.47 Å². The van der Waals surface area contributed by atoms with Crippen molar-refractivity contribution in [1.29, 1.82) is 0 Å². The average Bonchev–Trinajstić information content (AvgIpc) is 2.78. The molecule has 2 aromatic carbocycles. The van der Waals surface area contributed by atoms with Gasteiger partial charge in [0.2, 0.25) is 15.9 Å². The summed E-state index contributed by atoms with van der Waals surface area (Å²) in [7, 11) is -0.231. The van der Waals surface area contributed by atoms with Crippen LogP contribution in [0.1, 0.15) is 42.5 Å². The number of hydrogen-bond acceptors (Lipinski definition) is 5. The first-order valence-corrected chi connectivity index (χ1v) is 12.4. The summed E-state index contributed by atoms with van der Waals surface area (Å²) < 4.78 is 37.9. The van der Waals surface area contributed by atoms with E-state index in [-0.39, 0.29) is 23.6 Å². The number of nitrogens with one attached hydrogen (secondary N) is 1. The molecule has 1 fully saturated rings. The predicted molar refractivity (Wildman–Crippen MR) is 124 cm³/mol. The van der Waals surface area contributed by atoms with Gasteiger partial charge in [0.15, 0.2) is 0 Å².